The van der Waals surface area contributed by atoms with E-state index in [9.17, 15) is 28.8 Å². The van der Waals surface area contributed by atoms with Crippen molar-refractivity contribution in [3.8, 4) is 11.1 Å². The maximum atomic E-state index is 14.6. The first-order valence-corrected chi connectivity index (χ1v) is 24.5. The van der Waals surface area contributed by atoms with Gasteiger partial charge in [0.05, 0.1) is 46.4 Å². The van der Waals surface area contributed by atoms with Crippen molar-refractivity contribution >= 4 is 47.2 Å². The van der Waals surface area contributed by atoms with E-state index < -0.39 is 59.4 Å². The van der Waals surface area contributed by atoms with Crippen LogP contribution in [0.4, 0.5) is 21.0 Å². The molecule has 0 aromatic heterocycles. The monoisotopic (exact) mass is 956 g/mol. The minimum Gasteiger partial charge on any atom is -0.453 e. The fourth-order valence-electron chi connectivity index (χ4n) is 10.8. The zero-order valence-corrected chi connectivity index (χ0v) is 40.4. The van der Waals surface area contributed by atoms with Crippen molar-refractivity contribution in [3.63, 3.8) is 0 Å². The molecule has 3 heterocycles. The summed E-state index contributed by atoms with van der Waals surface area (Å²) in [4.78, 5) is 85.1. The summed E-state index contributed by atoms with van der Waals surface area (Å²) in [5, 5.41) is 11.8. The van der Waals surface area contributed by atoms with Gasteiger partial charge in [-0.05, 0) is 83.3 Å². The predicted octanol–water partition coefficient (Wildman–Crippen LogP) is 8.13. The summed E-state index contributed by atoms with van der Waals surface area (Å²) < 4.78 is 21.8. The van der Waals surface area contributed by atoms with Crippen molar-refractivity contribution in [1.29, 1.82) is 0 Å². The van der Waals surface area contributed by atoms with Crippen LogP contribution >= 0.6 is 0 Å². The number of benzene rings is 4. The van der Waals surface area contributed by atoms with Crippen LogP contribution < -0.4 is 21.3 Å². The lowest BCUT2D eigenvalue weighted by Gasteiger charge is -2.33. The molecule has 16 nitrogen and oxygen atoms in total. The molecule has 4 aromatic rings. The normalized spacial score (nSPS) is 19.1. The Morgan fingerprint density at radius 3 is 1.79 bits per heavy atom. The van der Waals surface area contributed by atoms with Gasteiger partial charge in [0.2, 0.25) is 17.7 Å². The number of anilines is 2. The lowest BCUT2D eigenvalue weighted by atomic mass is 9.70. The summed E-state index contributed by atoms with van der Waals surface area (Å²) in [6, 6.07) is 26.6. The summed E-state index contributed by atoms with van der Waals surface area (Å²) in [7, 11) is 2.50. The molecule has 16 heteroatoms. The SMILES string of the molecule is CCCCC1(CCCC)c2cc(NC(=O)[C@@H]3CCCN3C(=O)C[C@H](NC(=O)OC)c3ccccc3)ccc2-c2ccc(NC(=O)[C@@H]3CC4(CN3C(=O)[C@H](NC(=O)OC)c3ccccc3)OCCO4)cc21. The third-order valence-electron chi connectivity index (χ3n) is 14.3. The number of amides is 6. The molecule has 6 amide bonds. The lowest BCUT2D eigenvalue weighted by molar-refractivity contribution is -0.153. The highest BCUT2D eigenvalue weighted by atomic mass is 16.7. The van der Waals surface area contributed by atoms with Crippen LogP contribution in [0, 0.1) is 0 Å². The number of carbonyl (C=O) groups excluding carboxylic acids is 6. The van der Waals surface area contributed by atoms with Gasteiger partial charge < -0.3 is 50.0 Å². The average Bonchev–Trinajstić information content (AvgIpc) is 4.20. The molecule has 0 bridgehead atoms. The largest absolute Gasteiger partial charge is 0.453 e. The molecule has 4 aliphatic rings. The molecule has 0 radical (unpaired) electrons. The molecule has 0 unspecified atom stereocenters. The van der Waals surface area contributed by atoms with Crippen molar-refractivity contribution in [2.45, 2.75) is 113 Å². The molecule has 70 heavy (non-hydrogen) atoms. The first kappa shape index (κ1) is 49.6. The van der Waals surface area contributed by atoms with Crippen LogP contribution in [0.25, 0.3) is 11.1 Å². The zero-order chi connectivity index (χ0) is 49.4. The highest BCUT2D eigenvalue weighted by Crippen LogP contribution is 2.55. The molecule has 1 aliphatic carbocycles. The number of likely N-dealkylation sites (tertiary alicyclic amines) is 2. The highest BCUT2D eigenvalue weighted by molar-refractivity contribution is 6.01. The maximum absolute atomic E-state index is 14.6. The minimum absolute atomic E-state index is 0.00996. The molecule has 3 saturated heterocycles. The van der Waals surface area contributed by atoms with E-state index in [1.54, 1.807) is 29.2 Å². The second kappa shape index (κ2) is 21.9. The molecule has 1 spiro atoms. The number of alkyl carbamates (subject to hydrolysis) is 2. The molecule has 3 aliphatic heterocycles. The van der Waals surface area contributed by atoms with E-state index in [4.69, 9.17) is 18.9 Å². The number of hydrogen-bond donors (Lipinski definition) is 4. The highest BCUT2D eigenvalue weighted by Gasteiger charge is 2.54. The lowest BCUT2D eigenvalue weighted by Crippen LogP contribution is -2.49. The van der Waals surface area contributed by atoms with E-state index in [0.29, 0.717) is 49.5 Å². The second-order valence-electron chi connectivity index (χ2n) is 18.6. The van der Waals surface area contributed by atoms with Crippen LogP contribution in [-0.2, 0) is 43.5 Å². The minimum atomic E-state index is -1.17. The molecule has 4 N–H and O–H groups in total. The van der Waals surface area contributed by atoms with Crippen molar-refractivity contribution < 1.29 is 47.7 Å². The molecule has 3 fully saturated rings. The first-order valence-electron chi connectivity index (χ1n) is 24.5. The van der Waals surface area contributed by atoms with E-state index >= 15 is 0 Å². The summed E-state index contributed by atoms with van der Waals surface area (Å²) in [6.07, 6.45) is 5.26. The Bertz CT molecular complexity index is 2540. The molecular weight excluding hydrogens is 893 g/mol. The van der Waals surface area contributed by atoms with E-state index in [1.165, 1.54) is 19.1 Å². The Morgan fingerprint density at radius 2 is 1.23 bits per heavy atom. The molecule has 4 aromatic carbocycles. The fraction of sp³-hybridized carbons (Fsp3) is 0.444. The Kier molecular flexibility index (Phi) is 15.5. The van der Waals surface area contributed by atoms with Crippen molar-refractivity contribution in [2.24, 2.45) is 0 Å². The Morgan fingerprint density at radius 1 is 0.686 bits per heavy atom. The molecular formula is C54H64N6O10. The van der Waals surface area contributed by atoms with Crippen LogP contribution in [0.15, 0.2) is 97.1 Å². The van der Waals surface area contributed by atoms with Crippen LogP contribution in [0.5, 0.6) is 0 Å². The first-order chi connectivity index (χ1) is 33.9. The van der Waals surface area contributed by atoms with E-state index in [2.05, 4.69) is 53.3 Å². The van der Waals surface area contributed by atoms with Crippen LogP contribution in [0.3, 0.4) is 0 Å². The number of carbonyl (C=O) groups is 6. The third-order valence-corrected chi connectivity index (χ3v) is 14.3. The van der Waals surface area contributed by atoms with Crippen molar-refractivity contribution in [3.05, 3.63) is 119 Å². The summed E-state index contributed by atoms with van der Waals surface area (Å²) in [5.41, 5.74) is 6.30. The van der Waals surface area contributed by atoms with Gasteiger partial charge in [-0.1, -0.05) is 112 Å². The van der Waals surface area contributed by atoms with E-state index in [0.717, 1.165) is 66.3 Å². The van der Waals surface area contributed by atoms with Crippen molar-refractivity contribution in [1.82, 2.24) is 20.4 Å². The Balaban J connectivity index is 1.05. The number of nitrogens with zero attached hydrogens (tertiary/aromatic N) is 2. The number of rotatable bonds is 17. The average molecular weight is 957 g/mol. The predicted molar refractivity (Wildman–Crippen MR) is 263 cm³/mol. The van der Waals surface area contributed by atoms with Gasteiger partial charge in [0.25, 0.3) is 5.91 Å². The van der Waals surface area contributed by atoms with E-state index in [-0.39, 0.29) is 31.2 Å². The van der Waals surface area contributed by atoms with Gasteiger partial charge in [-0.15, -0.1) is 0 Å². The quantitative estimate of drug-likeness (QED) is 0.0803. The van der Waals surface area contributed by atoms with Gasteiger partial charge in [0.15, 0.2) is 5.79 Å². The molecule has 4 atom stereocenters. The summed E-state index contributed by atoms with van der Waals surface area (Å²) >= 11 is 0. The second-order valence-corrected chi connectivity index (χ2v) is 18.6. The van der Waals surface area contributed by atoms with Gasteiger partial charge in [0, 0.05) is 29.8 Å². The number of fused-ring (bicyclic) bond motifs is 3. The van der Waals surface area contributed by atoms with Crippen LogP contribution in [-0.4, -0.2) is 104 Å². The summed E-state index contributed by atoms with van der Waals surface area (Å²) in [6.45, 7) is 5.39. The number of hydrogen-bond acceptors (Lipinski definition) is 10. The topological polar surface area (TPSA) is 194 Å². The van der Waals surface area contributed by atoms with Gasteiger partial charge in [-0.25, -0.2) is 9.59 Å². The molecule has 8 rings (SSSR count). The maximum Gasteiger partial charge on any atom is 0.407 e. The number of methoxy groups -OCH3 is 2. The Hall–Kier alpha value is -6.78. The third kappa shape index (κ3) is 10.4. The smallest absolute Gasteiger partial charge is 0.407 e. The molecule has 0 saturated carbocycles. The van der Waals surface area contributed by atoms with Gasteiger partial charge in [0.1, 0.15) is 18.1 Å². The van der Waals surface area contributed by atoms with Crippen LogP contribution in [0.2, 0.25) is 0 Å². The van der Waals surface area contributed by atoms with Gasteiger partial charge in [-0.2, -0.15) is 0 Å². The number of unbranched alkanes of at least 4 members (excludes halogenated alkanes) is 2. The summed E-state index contributed by atoms with van der Waals surface area (Å²) in [5.74, 6) is -2.62. The van der Waals surface area contributed by atoms with Crippen LogP contribution in [0.1, 0.15) is 112 Å². The standard InChI is InChI=1S/C54H64N6O10/c1-5-7-25-53(26-8-6-2)41-30-37(55-48(62)44-20-15-27-59(44)46(61)32-43(57-51(65)67-3)35-16-11-9-12-17-35)21-23-39(41)40-24-22-38(31-42(40)53)56-49(63)45-33-54(69-28-29-70-54)34-60(45)50(64)47(58-52(66)68-4)36-18-13-10-14-19-36/h9-14,16-19,21-24,30-31,43-45,47H,5-8,15,20,25-29,32-34H2,1-4H3,(H,55,62)(H,56,63)(H,57,65)(H,58,66)/t43-,44-,45-,47+/m0/s1. The number of nitrogens with one attached hydrogen (secondary N) is 4. The van der Waals surface area contributed by atoms with Crippen molar-refractivity contribution in [2.75, 3.05) is 51.2 Å². The zero-order valence-electron chi connectivity index (χ0n) is 40.4. The molecule has 370 valence electrons. The van der Waals surface area contributed by atoms with Gasteiger partial charge >= 0.3 is 12.2 Å². The number of ether oxygens (including phenoxy) is 4. The van der Waals surface area contributed by atoms with E-state index in [1.807, 2.05) is 54.6 Å². The Labute approximate surface area is 409 Å². The fourth-order valence-corrected chi connectivity index (χ4v) is 10.8. The van der Waals surface area contributed by atoms with Gasteiger partial charge in [-0.3, -0.25) is 19.2 Å².